The van der Waals surface area contributed by atoms with Gasteiger partial charge in [0.05, 0.1) is 73.2 Å². The SMILES string of the molecule is C[C@H]1OC[C@@](NC(=S)CC(=O)c2ccccc2)(c2ccccc2F)[C@@H]1CO.C[C@H]1OC[C@]2(c3ccccc3F)N=C(CC(=O)c3ccccc3)SC[C@H]12.C[C@H]1OC[C@]2(c3ccccc3F)N=C(N)SC[C@H]12. The number of ketones is 2. The van der Waals surface area contributed by atoms with Gasteiger partial charge in [-0.2, -0.15) is 0 Å². The number of carbonyl (C=O) groups excluding carboxylic acids is 2. The topological polar surface area (TPSA) is 145 Å². The number of thiocarbonyl (C=S) groups is 1. The van der Waals surface area contributed by atoms with Crippen LogP contribution < -0.4 is 11.1 Å². The van der Waals surface area contributed by atoms with Crippen LogP contribution in [0.25, 0.3) is 0 Å². The molecule has 5 aromatic carbocycles. The number of aliphatic imine (C=N–C) groups is 2. The van der Waals surface area contributed by atoms with E-state index in [1.165, 1.54) is 30.0 Å². The number of nitrogens with two attached hydrogens (primary N) is 1. The molecule has 10 rings (SSSR count). The first kappa shape index (κ1) is 52.1. The van der Waals surface area contributed by atoms with Gasteiger partial charge in [-0.3, -0.25) is 14.6 Å². The number of fused-ring (bicyclic) bond motifs is 2. The van der Waals surface area contributed by atoms with Gasteiger partial charge in [0.15, 0.2) is 16.7 Å². The number of nitrogens with zero attached hydrogens (tertiary/aromatic N) is 2. The monoisotopic (exact) mass is 1020 g/mol. The highest BCUT2D eigenvalue weighted by Crippen LogP contribution is 2.50. The lowest BCUT2D eigenvalue weighted by atomic mass is 9.78. The molecule has 0 aliphatic carbocycles. The van der Waals surface area contributed by atoms with E-state index in [9.17, 15) is 27.9 Å². The third-order valence-electron chi connectivity index (χ3n) is 14.2. The number of benzene rings is 5. The molecule has 71 heavy (non-hydrogen) atoms. The Balaban J connectivity index is 0.000000146. The molecule has 4 N–H and O–H groups in total. The molecule has 3 saturated heterocycles. The molecule has 0 amide bonds. The molecule has 0 saturated carbocycles. The Morgan fingerprint density at radius 1 is 0.648 bits per heavy atom. The second-order valence-electron chi connectivity index (χ2n) is 18.4. The molecule has 5 aliphatic heterocycles. The lowest BCUT2D eigenvalue weighted by Gasteiger charge is -2.36. The van der Waals surface area contributed by atoms with E-state index in [4.69, 9.17) is 37.2 Å². The van der Waals surface area contributed by atoms with Crippen molar-refractivity contribution in [2.75, 3.05) is 37.9 Å². The van der Waals surface area contributed by atoms with Gasteiger partial charge in [0.2, 0.25) is 0 Å². The Kier molecular flexibility index (Phi) is 16.7. The fraction of sp³-hybridized carbons (Fsp3) is 0.364. The first-order chi connectivity index (χ1) is 34.2. The zero-order valence-electron chi connectivity index (χ0n) is 39.6. The highest BCUT2D eigenvalue weighted by atomic mass is 32.2. The summed E-state index contributed by atoms with van der Waals surface area (Å²) in [6, 6.07) is 38.0. The maximum atomic E-state index is 14.6. The van der Waals surface area contributed by atoms with Crippen molar-refractivity contribution in [1.29, 1.82) is 0 Å². The molecule has 5 aromatic rings. The normalized spacial score (nSPS) is 28.4. The van der Waals surface area contributed by atoms with E-state index in [-0.39, 0.29) is 79.4 Å². The van der Waals surface area contributed by atoms with Crippen LogP contribution in [0.15, 0.2) is 143 Å². The Morgan fingerprint density at radius 2 is 1.10 bits per heavy atom. The largest absolute Gasteiger partial charge is 0.396 e. The van der Waals surface area contributed by atoms with E-state index in [0.717, 1.165) is 16.5 Å². The van der Waals surface area contributed by atoms with E-state index in [0.29, 0.717) is 51.2 Å². The van der Waals surface area contributed by atoms with Gasteiger partial charge in [-0.25, -0.2) is 18.2 Å². The summed E-state index contributed by atoms with van der Waals surface area (Å²) in [7, 11) is 0. The summed E-state index contributed by atoms with van der Waals surface area (Å²) in [4.78, 5) is 34.8. The van der Waals surface area contributed by atoms with Gasteiger partial charge in [0.1, 0.15) is 28.5 Å². The maximum Gasteiger partial charge on any atom is 0.169 e. The predicted octanol–water partition coefficient (Wildman–Crippen LogP) is 9.83. The summed E-state index contributed by atoms with van der Waals surface area (Å²) < 4.78 is 60.6. The van der Waals surface area contributed by atoms with E-state index in [1.807, 2.05) is 69.3 Å². The van der Waals surface area contributed by atoms with E-state index < -0.39 is 28.4 Å². The molecule has 0 radical (unpaired) electrons. The number of halogens is 3. The van der Waals surface area contributed by atoms with Crippen molar-refractivity contribution in [3.63, 3.8) is 0 Å². The minimum atomic E-state index is -1.02. The van der Waals surface area contributed by atoms with Crippen LogP contribution in [-0.2, 0) is 30.8 Å². The maximum absolute atomic E-state index is 14.6. The standard InChI is InChI=1S/C21H22FNO3S.C21H20FNO2S.C13H15FN2OS/c1-14-17(12-24)21(13-26-14,16-9-5-6-10-18(16)22)23-20(27)11-19(25)15-7-3-2-4-8-15;1-14-17-12-26-20(11-19(24)15-7-3-2-4-8-15)23-21(17,13-25-14)16-9-5-6-10-18(16)22;1-8-10-6-18-12(15)16-13(10,7-17-8)9-4-2-3-5-11(9)14/h2-10,14,17,24H,11-13H2,1H3,(H,23,27);2-10,14,17H,11-13H2,1H3;2-5,8,10H,6-7H2,1H3,(H2,15,16)/t2*14-,17-,21-;8-,10-,13-/m111/s1. The van der Waals surface area contributed by atoms with Crippen molar-refractivity contribution in [3.05, 3.63) is 179 Å². The quantitative estimate of drug-likeness (QED) is 0.0859. The average Bonchev–Trinajstić information content (AvgIpc) is 4.01. The Morgan fingerprint density at radius 3 is 1.62 bits per heavy atom. The Bertz CT molecular complexity index is 2770. The molecule has 0 spiro atoms. The lowest BCUT2D eigenvalue weighted by molar-refractivity contribution is 0.0860. The van der Waals surface area contributed by atoms with E-state index >= 15 is 0 Å². The minimum Gasteiger partial charge on any atom is -0.396 e. The summed E-state index contributed by atoms with van der Waals surface area (Å²) in [5.41, 5.74) is 6.24. The third-order valence-corrected chi connectivity index (χ3v) is 16.4. The number of aliphatic hydroxyl groups excluding tert-OH is 1. The highest BCUT2D eigenvalue weighted by Gasteiger charge is 2.54. The number of nitrogens with one attached hydrogen (secondary N) is 1. The van der Waals surface area contributed by atoms with Gasteiger partial charge in [-0.05, 0) is 39.0 Å². The van der Waals surface area contributed by atoms with Crippen LogP contribution >= 0.6 is 35.7 Å². The Labute approximate surface area is 426 Å². The van der Waals surface area contributed by atoms with Crippen molar-refractivity contribution >= 4 is 62.5 Å². The minimum absolute atomic E-state index is 0.00206. The van der Waals surface area contributed by atoms with Crippen molar-refractivity contribution < 1.29 is 42.1 Å². The van der Waals surface area contributed by atoms with E-state index in [2.05, 4.69) is 10.3 Å². The molecular formula is C55H57F3N4O6S3. The third kappa shape index (κ3) is 10.9. The van der Waals surface area contributed by atoms with Gasteiger partial charge in [-0.1, -0.05) is 139 Å². The fourth-order valence-corrected chi connectivity index (χ4v) is 13.1. The van der Waals surface area contributed by atoms with Crippen LogP contribution in [-0.4, -0.2) is 88.1 Å². The second-order valence-corrected chi connectivity index (χ2v) is 21.0. The summed E-state index contributed by atoms with van der Waals surface area (Å²) in [6.45, 7) is 6.58. The number of thioether (sulfide) groups is 2. The Hall–Kier alpha value is -5.20. The number of aliphatic hydroxyl groups is 1. The first-order valence-electron chi connectivity index (χ1n) is 23.6. The van der Waals surface area contributed by atoms with Crippen LogP contribution in [0.4, 0.5) is 13.2 Å². The number of hydrogen-bond donors (Lipinski definition) is 3. The molecular weight excluding hydrogens is 966 g/mol. The molecule has 372 valence electrons. The van der Waals surface area contributed by atoms with Gasteiger partial charge in [-0.15, -0.1) is 11.8 Å². The molecule has 0 bridgehead atoms. The molecule has 16 heteroatoms. The van der Waals surface area contributed by atoms with Crippen molar-refractivity contribution in [1.82, 2.24) is 5.32 Å². The second kappa shape index (κ2) is 22.7. The van der Waals surface area contributed by atoms with Crippen molar-refractivity contribution in [2.24, 2.45) is 33.5 Å². The number of ether oxygens (including phenoxy) is 3. The van der Waals surface area contributed by atoms with E-state index in [1.54, 1.807) is 78.5 Å². The fourth-order valence-electron chi connectivity index (χ4n) is 10.3. The van der Waals surface area contributed by atoms with Gasteiger partial charge < -0.3 is 30.4 Å². The number of rotatable bonds is 11. The molecule has 9 atom stereocenters. The van der Waals surface area contributed by atoms with Gasteiger partial charge >= 0.3 is 0 Å². The van der Waals surface area contributed by atoms with Crippen LogP contribution in [0.3, 0.4) is 0 Å². The van der Waals surface area contributed by atoms with Crippen LogP contribution in [0, 0.1) is 35.2 Å². The van der Waals surface area contributed by atoms with Crippen molar-refractivity contribution in [3.8, 4) is 0 Å². The number of amidine groups is 1. The molecule has 3 fully saturated rings. The van der Waals surface area contributed by atoms with Crippen molar-refractivity contribution in [2.45, 2.75) is 68.5 Å². The zero-order chi connectivity index (χ0) is 50.3. The first-order valence-corrected chi connectivity index (χ1v) is 26.0. The number of hydrogen-bond acceptors (Lipinski definition) is 12. The summed E-state index contributed by atoms with van der Waals surface area (Å²) in [5.74, 6) is 0.476. The average molecular weight is 1020 g/mol. The highest BCUT2D eigenvalue weighted by molar-refractivity contribution is 8.14. The molecule has 0 unspecified atom stereocenters. The lowest BCUT2D eigenvalue weighted by Crippen LogP contribution is -2.53. The molecule has 10 nitrogen and oxygen atoms in total. The van der Waals surface area contributed by atoms with Crippen LogP contribution in [0.1, 0.15) is 71.0 Å². The smallest absolute Gasteiger partial charge is 0.169 e. The predicted molar refractivity (Wildman–Crippen MR) is 279 cm³/mol. The molecule has 5 aliphatic rings. The number of carbonyl (C=O) groups is 2. The molecule has 0 aromatic heterocycles. The number of Topliss-reactive ketones (excluding diaryl/α,β-unsaturated/α-hetero) is 2. The molecule has 5 heterocycles. The summed E-state index contributed by atoms with van der Waals surface area (Å²) >= 11 is 8.54. The summed E-state index contributed by atoms with van der Waals surface area (Å²) in [6.07, 6.45) is 0.0505. The van der Waals surface area contributed by atoms with Crippen LogP contribution in [0.2, 0.25) is 0 Å². The van der Waals surface area contributed by atoms with Crippen LogP contribution in [0.5, 0.6) is 0 Å². The summed E-state index contributed by atoms with van der Waals surface area (Å²) in [5, 5.41) is 14.4. The van der Waals surface area contributed by atoms with Gasteiger partial charge in [0.25, 0.3) is 0 Å². The zero-order valence-corrected chi connectivity index (χ0v) is 42.1. The van der Waals surface area contributed by atoms with Gasteiger partial charge in [0, 0.05) is 57.1 Å².